The van der Waals surface area contributed by atoms with Crippen molar-refractivity contribution in [3.8, 4) is 0 Å². The summed E-state index contributed by atoms with van der Waals surface area (Å²) in [5.74, 6) is 0. The summed E-state index contributed by atoms with van der Waals surface area (Å²) in [7, 11) is 0. The van der Waals surface area contributed by atoms with Crippen molar-refractivity contribution in [1.82, 2.24) is 0 Å². The molecule has 0 fully saturated rings. The fraction of sp³-hybridized carbons (Fsp3) is 0.571. The van der Waals surface area contributed by atoms with Crippen LogP contribution in [-0.2, 0) is 11.2 Å². The third-order valence-electron chi connectivity index (χ3n) is 3.10. The summed E-state index contributed by atoms with van der Waals surface area (Å²) in [5.41, 5.74) is 2.75. The quantitative estimate of drug-likeness (QED) is 0.742. The topological polar surface area (TPSA) is 21.3 Å². The molecular weight excluding hydrogens is 198 g/mol. The van der Waals surface area contributed by atoms with E-state index in [9.17, 15) is 0 Å². The van der Waals surface area contributed by atoms with E-state index in [-0.39, 0.29) is 0 Å². The number of benzene rings is 1. The Morgan fingerprint density at radius 2 is 2.19 bits per heavy atom. The minimum absolute atomic E-state index is 0.569. The molecule has 0 saturated carbocycles. The molecule has 0 bridgehead atoms. The van der Waals surface area contributed by atoms with E-state index in [2.05, 4.69) is 36.5 Å². The van der Waals surface area contributed by atoms with E-state index in [1.54, 1.807) is 0 Å². The van der Waals surface area contributed by atoms with Crippen molar-refractivity contribution in [3.05, 3.63) is 29.8 Å². The number of unbranched alkanes of at least 4 members (excludes halogenated alkanes) is 1. The molecule has 1 aromatic carbocycles. The Hall–Kier alpha value is -1.02. The van der Waals surface area contributed by atoms with Gasteiger partial charge in [-0.05, 0) is 30.9 Å². The van der Waals surface area contributed by atoms with Crippen LogP contribution < -0.4 is 5.32 Å². The normalized spacial score (nSPS) is 18.2. The highest BCUT2D eigenvalue weighted by Gasteiger charge is 2.18. The van der Waals surface area contributed by atoms with Crippen molar-refractivity contribution >= 4 is 5.69 Å². The van der Waals surface area contributed by atoms with Gasteiger partial charge in [0, 0.05) is 24.9 Å². The molecule has 0 spiro atoms. The van der Waals surface area contributed by atoms with E-state index in [0.29, 0.717) is 6.04 Å². The molecule has 0 radical (unpaired) electrons. The van der Waals surface area contributed by atoms with E-state index >= 15 is 0 Å². The van der Waals surface area contributed by atoms with Gasteiger partial charge in [-0.25, -0.2) is 0 Å². The zero-order chi connectivity index (χ0) is 11.2. The zero-order valence-electron chi connectivity index (χ0n) is 10.0. The molecule has 1 atom stereocenters. The van der Waals surface area contributed by atoms with Gasteiger partial charge < -0.3 is 10.1 Å². The standard InChI is InChI=1S/C14H21NO/c1-2-3-9-16-10-8-13-11-12-6-4-5-7-14(12)15-13/h4-7,13,15H,2-3,8-11H2,1H3. The van der Waals surface area contributed by atoms with Gasteiger partial charge in [-0.3, -0.25) is 0 Å². The highest BCUT2D eigenvalue weighted by atomic mass is 16.5. The maximum atomic E-state index is 5.59. The molecule has 88 valence electrons. The highest BCUT2D eigenvalue weighted by molar-refractivity contribution is 5.56. The smallest absolute Gasteiger partial charge is 0.0485 e. The molecule has 1 heterocycles. The lowest BCUT2D eigenvalue weighted by molar-refractivity contribution is 0.126. The summed E-state index contributed by atoms with van der Waals surface area (Å²) >= 11 is 0. The summed E-state index contributed by atoms with van der Waals surface area (Å²) in [5, 5.41) is 3.55. The molecule has 0 amide bonds. The molecule has 2 heteroatoms. The second-order valence-electron chi connectivity index (χ2n) is 4.46. The lowest BCUT2D eigenvalue weighted by Crippen LogP contribution is -2.18. The first-order valence-corrected chi connectivity index (χ1v) is 6.32. The van der Waals surface area contributed by atoms with Crippen molar-refractivity contribution in [2.45, 2.75) is 38.6 Å². The summed E-state index contributed by atoms with van der Waals surface area (Å²) < 4.78 is 5.59. The van der Waals surface area contributed by atoms with E-state index in [1.165, 1.54) is 24.1 Å². The van der Waals surface area contributed by atoms with Crippen LogP contribution in [0.4, 0.5) is 5.69 Å². The number of fused-ring (bicyclic) bond motifs is 1. The van der Waals surface area contributed by atoms with Crippen LogP contribution in [-0.4, -0.2) is 19.3 Å². The molecular formula is C14H21NO. The van der Waals surface area contributed by atoms with Crippen molar-refractivity contribution in [2.24, 2.45) is 0 Å². The first-order chi connectivity index (χ1) is 7.90. The number of hydrogen-bond acceptors (Lipinski definition) is 2. The van der Waals surface area contributed by atoms with Crippen molar-refractivity contribution in [1.29, 1.82) is 0 Å². The Balaban J connectivity index is 1.67. The Kier molecular flexibility index (Phi) is 4.23. The average Bonchev–Trinajstić information content (AvgIpc) is 2.71. The van der Waals surface area contributed by atoms with Crippen LogP contribution >= 0.6 is 0 Å². The number of rotatable bonds is 6. The molecule has 1 N–H and O–H groups in total. The first kappa shape index (κ1) is 11.5. The fourth-order valence-corrected chi connectivity index (χ4v) is 2.12. The summed E-state index contributed by atoms with van der Waals surface area (Å²) in [6.45, 7) is 3.99. The number of hydrogen-bond donors (Lipinski definition) is 1. The van der Waals surface area contributed by atoms with Gasteiger partial charge in [0.25, 0.3) is 0 Å². The molecule has 0 aromatic heterocycles. The van der Waals surface area contributed by atoms with Crippen molar-refractivity contribution in [3.63, 3.8) is 0 Å². The Labute approximate surface area is 98.0 Å². The Bertz CT molecular complexity index is 299. The van der Waals surface area contributed by atoms with Crippen molar-refractivity contribution in [2.75, 3.05) is 18.5 Å². The Morgan fingerprint density at radius 1 is 1.31 bits per heavy atom. The minimum atomic E-state index is 0.569. The third kappa shape index (κ3) is 2.99. The molecule has 0 saturated heterocycles. The largest absolute Gasteiger partial charge is 0.382 e. The third-order valence-corrected chi connectivity index (χ3v) is 3.10. The predicted octanol–water partition coefficient (Wildman–Crippen LogP) is 3.23. The number of nitrogens with one attached hydrogen (secondary N) is 1. The number of ether oxygens (including phenoxy) is 1. The van der Waals surface area contributed by atoms with Crippen molar-refractivity contribution < 1.29 is 4.74 Å². The second kappa shape index (κ2) is 5.90. The highest BCUT2D eigenvalue weighted by Crippen LogP contribution is 2.26. The van der Waals surface area contributed by atoms with E-state index in [0.717, 1.165) is 26.1 Å². The van der Waals surface area contributed by atoms with E-state index in [4.69, 9.17) is 4.74 Å². The fourth-order valence-electron chi connectivity index (χ4n) is 2.12. The number of para-hydroxylation sites is 1. The first-order valence-electron chi connectivity index (χ1n) is 6.32. The van der Waals surface area contributed by atoms with Crippen LogP contribution in [0.2, 0.25) is 0 Å². The van der Waals surface area contributed by atoms with E-state index in [1.807, 2.05) is 0 Å². The summed E-state index contributed by atoms with van der Waals surface area (Å²) in [6.07, 6.45) is 4.65. The molecule has 0 aliphatic carbocycles. The van der Waals surface area contributed by atoms with Gasteiger partial charge in [0.15, 0.2) is 0 Å². The van der Waals surface area contributed by atoms with Gasteiger partial charge in [0.05, 0.1) is 0 Å². The number of anilines is 1. The predicted molar refractivity (Wildman–Crippen MR) is 67.9 cm³/mol. The van der Waals surface area contributed by atoms with Gasteiger partial charge in [0.1, 0.15) is 0 Å². The Morgan fingerprint density at radius 3 is 3.00 bits per heavy atom. The molecule has 1 aliphatic heterocycles. The van der Waals surface area contributed by atoms with Gasteiger partial charge in [-0.1, -0.05) is 31.5 Å². The van der Waals surface area contributed by atoms with Crippen LogP contribution in [0.3, 0.4) is 0 Å². The second-order valence-corrected chi connectivity index (χ2v) is 4.46. The zero-order valence-corrected chi connectivity index (χ0v) is 10.0. The monoisotopic (exact) mass is 219 g/mol. The minimum Gasteiger partial charge on any atom is -0.382 e. The molecule has 1 unspecified atom stereocenters. The van der Waals surface area contributed by atoms with Crippen LogP contribution in [0.15, 0.2) is 24.3 Å². The summed E-state index contributed by atoms with van der Waals surface area (Å²) in [6, 6.07) is 9.14. The lowest BCUT2D eigenvalue weighted by atomic mass is 10.1. The molecule has 2 nitrogen and oxygen atoms in total. The van der Waals surface area contributed by atoms with Gasteiger partial charge >= 0.3 is 0 Å². The van der Waals surface area contributed by atoms with Gasteiger partial charge in [-0.2, -0.15) is 0 Å². The molecule has 16 heavy (non-hydrogen) atoms. The van der Waals surface area contributed by atoms with Crippen LogP contribution in [0.25, 0.3) is 0 Å². The van der Waals surface area contributed by atoms with Gasteiger partial charge in [-0.15, -0.1) is 0 Å². The average molecular weight is 219 g/mol. The lowest BCUT2D eigenvalue weighted by Gasteiger charge is -2.11. The van der Waals surface area contributed by atoms with Crippen LogP contribution in [0.1, 0.15) is 31.7 Å². The SMILES string of the molecule is CCCCOCCC1Cc2ccccc2N1. The molecule has 1 aliphatic rings. The molecule has 1 aromatic rings. The maximum absolute atomic E-state index is 5.59. The van der Waals surface area contributed by atoms with Crippen LogP contribution in [0.5, 0.6) is 0 Å². The van der Waals surface area contributed by atoms with E-state index < -0.39 is 0 Å². The summed E-state index contributed by atoms with van der Waals surface area (Å²) in [4.78, 5) is 0. The molecule has 2 rings (SSSR count). The van der Waals surface area contributed by atoms with Crippen LogP contribution in [0, 0.1) is 0 Å². The van der Waals surface area contributed by atoms with Gasteiger partial charge in [0.2, 0.25) is 0 Å². The maximum Gasteiger partial charge on any atom is 0.0485 e.